The molecule has 0 aliphatic carbocycles. The number of carbonyl (C=O) groups is 1. The Morgan fingerprint density at radius 3 is 2.70 bits per heavy atom. The Labute approximate surface area is 133 Å². The predicted molar refractivity (Wildman–Crippen MR) is 85.1 cm³/mol. The molecule has 1 unspecified atom stereocenters. The van der Waals surface area contributed by atoms with Gasteiger partial charge in [0.25, 0.3) is 5.91 Å². The van der Waals surface area contributed by atoms with Crippen LogP contribution >= 0.6 is 0 Å². The highest BCUT2D eigenvalue weighted by Crippen LogP contribution is 2.13. The quantitative estimate of drug-likeness (QED) is 0.915. The van der Waals surface area contributed by atoms with Crippen LogP contribution in [-0.4, -0.2) is 40.2 Å². The maximum Gasteiger partial charge on any atom is 0.278 e. The van der Waals surface area contributed by atoms with Crippen LogP contribution in [0.4, 0.5) is 4.39 Å². The van der Waals surface area contributed by atoms with Crippen LogP contribution < -0.4 is 11.2 Å². The Kier molecular flexibility index (Phi) is 4.90. The summed E-state index contributed by atoms with van der Waals surface area (Å²) >= 11 is 0. The Hall–Kier alpha value is -2.54. The monoisotopic (exact) mass is 318 g/mol. The van der Waals surface area contributed by atoms with Gasteiger partial charge in [0.15, 0.2) is 5.69 Å². The van der Waals surface area contributed by atoms with Crippen LogP contribution in [0, 0.1) is 12.7 Å². The van der Waals surface area contributed by atoms with E-state index in [1.54, 1.807) is 33.0 Å². The number of benzene rings is 1. The summed E-state index contributed by atoms with van der Waals surface area (Å²) in [7, 11) is 1.55. The highest BCUT2D eigenvalue weighted by molar-refractivity contribution is 5.92. The Balaban J connectivity index is 2.56. The van der Waals surface area contributed by atoms with E-state index in [0.717, 1.165) is 0 Å². The van der Waals surface area contributed by atoms with Crippen molar-refractivity contribution in [1.82, 2.24) is 14.7 Å². The predicted octanol–water partition coefficient (Wildman–Crippen LogP) is 1.10. The number of nitrogens with two attached hydrogens (primary N) is 1. The second-order valence-corrected chi connectivity index (χ2v) is 5.36. The third kappa shape index (κ3) is 3.29. The van der Waals surface area contributed by atoms with Crippen LogP contribution in [0.5, 0.6) is 0 Å². The number of carbonyl (C=O) groups excluding carboxylic acids is 1. The van der Waals surface area contributed by atoms with Gasteiger partial charge >= 0.3 is 0 Å². The molecule has 1 amide bonds. The van der Waals surface area contributed by atoms with E-state index in [1.807, 2.05) is 0 Å². The average Bonchev–Trinajstić information content (AvgIpc) is 2.54. The van der Waals surface area contributed by atoms with Crippen LogP contribution in [0.15, 0.2) is 35.1 Å². The molecule has 1 atom stereocenters. The number of nitrogens with zero attached hydrogens (tertiary/aromatic N) is 3. The van der Waals surface area contributed by atoms with Gasteiger partial charge in [-0.25, -0.2) is 9.07 Å². The van der Waals surface area contributed by atoms with Crippen LogP contribution in [0.1, 0.15) is 23.1 Å². The number of aryl methyl sites for hydroxylation is 1. The number of rotatable bonds is 4. The molecule has 0 aliphatic rings. The van der Waals surface area contributed by atoms with Crippen molar-refractivity contribution in [3.8, 4) is 5.69 Å². The van der Waals surface area contributed by atoms with Crippen molar-refractivity contribution in [3.63, 3.8) is 0 Å². The molecule has 1 aromatic carbocycles. The van der Waals surface area contributed by atoms with Gasteiger partial charge in [-0.15, -0.1) is 0 Å². The molecule has 23 heavy (non-hydrogen) atoms. The maximum absolute atomic E-state index is 14.0. The van der Waals surface area contributed by atoms with E-state index in [4.69, 9.17) is 5.73 Å². The fourth-order valence-corrected chi connectivity index (χ4v) is 2.09. The molecular formula is C16H19FN4O2. The van der Waals surface area contributed by atoms with Crippen LogP contribution in [0.2, 0.25) is 0 Å². The van der Waals surface area contributed by atoms with Crippen molar-refractivity contribution < 1.29 is 9.18 Å². The summed E-state index contributed by atoms with van der Waals surface area (Å²) in [6.07, 6.45) is 0. The van der Waals surface area contributed by atoms with E-state index in [0.29, 0.717) is 5.69 Å². The van der Waals surface area contributed by atoms with E-state index >= 15 is 0 Å². The summed E-state index contributed by atoms with van der Waals surface area (Å²) in [5, 5.41) is 4.07. The Morgan fingerprint density at radius 1 is 1.43 bits per heavy atom. The lowest BCUT2D eigenvalue weighted by Gasteiger charge is -2.23. The van der Waals surface area contributed by atoms with Crippen LogP contribution in [-0.2, 0) is 0 Å². The van der Waals surface area contributed by atoms with Crippen molar-refractivity contribution in [2.75, 3.05) is 13.6 Å². The molecule has 122 valence electrons. The lowest BCUT2D eigenvalue weighted by molar-refractivity contribution is 0.0739. The first kappa shape index (κ1) is 16.8. The first-order valence-corrected chi connectivity index (χ1v) is 7.20. The lowest BCUT2D eigenvalue weighted by Crippen LogP contribution is -2.42. The minimum Gasteiger partial charge on any atom is -0.336 e. The van der Waals surface area contributed by atoms with E-state index in [-0.39, 0.29) is 24.0 Å². The second kappa shape index (κ2) is 6.70. The van der Waals surface area contributed by atoms with Crippen molar-refractivity contribution in [3.05, 3.63) is 57.8 Å². The molecule has 0 saturated heterocycles. The third-order valence-corrected chi connectivity index (χ3v) is 3.71. The summed E-state index contributed by atoms with van der Waals surface area (Å²) < 4.78 is 15.2. The first-order chi connectivity index (χ1) is 10.9. The number of aromatic nitrogens is 2. The number of para-hydroxylation sites is 1. The van der Waals surface area contributed by atoms with E-state index in [1.165, 1.54) is 27.8 Å². The normalized spacial score (nSPS) is 12.0. The zero-order valence-electron chi connectivity index (χ0n) is 13.3. The Bertz CT molecular complexity index is 788. The highest BCUT2D eigenvalue weighted by Gasteiger charge is 2.22. The third-order valence-electron chi connectivity index (χ3n) is 3.71. The number of hydrogen-bond acceptors (Lipinski definition) is 4. The van der Waals surface area contributed by atoms with Gasteiger partial charge in [-0.3, -0.25) is 9.59 Å². The smallest absolute Gasteiger partial charge is 0.278 e. The Morgan fingerprint density at radius 2 is 2.09 bits per heavy atom. The minimum atomic E-state index is -0.543. The summed E-state index contributed by atoms with van der Waals surface area (Å²) in [6.45, 7) is 3.65. The average molecular weight is 318 g/mol. The number of hydrogen-bond donors (Lipinski definition) is 1. The summed E-state index contributed by atoms with van der Waals surface area (Å²) in [5.74, 6) is -1.04. The standard InChI is InChI=1S/C16H19FN4O2/c1-10-8-14(22)15(16(23)20(3)11(2)9-18)19-21(10)13-7-5-4-6-12(13)17/h4-8,11H,9,18H2,1-3H3. The molecule has 1 heterocycles. The van der Waals surface area contributed by atoms with Gasteiger partial charge in [0.1, 0.15) is 11.5 Å². The largest absolute Gasteiger partial charge is 0.336 e. The molecular weight excluding hydrogens is 299 g/mol. The lowest BCUT2D eigenvalue weighted by atomic mass is 10.2. The van der Waals surface area contributed by atoms with Crippen LogP contribution in [0.3, 0.4) is 0 Å². The SMILES string of the molecule is Cc1cc(=O)c(C(=O)N(C)C(C)CN)nn1-c1ccccc1F. The molecule has 6 nitrogen and oxygen atoms in total. The van der Waals surface area contributed by atoms with Gasteiger partial charge in [-0.05, 0) is 26.0 Å². The highest BCUT2D eigenvalue weighted by atomic mass is 19.1. The molecule has 0 fully saturated rings. The number of amides is 1. The van der Waals surface area contributed by atoms with Gasteiger partial charge in [0, 0.05) is 31.4 Å². The van der Waals surface area contributed by atoms with Crippen molar-refractivity contribution >= 4 is 5.91 Å². The fraction of sp³-hybridized carbons (Fsp3) is 0.312. The first-order valence-electron chi connectivity index (χ1n) is 7.20. The maximum atomic E-state index is 14.0. The zero-order valence-corrected chi connectivity index (χ0v) is 13.3. The molecule has 0 saturated carbocycles. The summed E-state index contributed by atoms with van der Waals surface area (Å²) in [5.41, 5.74) is 5.39. The zero-order chi connectivity index (χ0) is 17.1. The van der Waals surface area contributed by atoms with Crippen molar-refractivity contribution in [2.45, 2.75) is 19.9 Å². The van der Waals surface area contributed by atoms with E-state index in [9.17, 15) is 14.0 Å². The molecule has 1 aromatic heterocycles. The molecule has 0 spiro atoms. The molecule has 2 aromatic rings. The molecule has 2 N–H and O–H groups in total. The summed E-state index contributed by atoms with van der Waals surface area (Å²) in [6, 6.07) is 7.06. The van der Waals surface area contributed by atoms with E-state index < -0.39 is 17.2 Å². The molecule has 0 radical (unpaired) electrons. The van der Waals surface area contributed by atoms with Crippen LogP contribution in [0.25, 0.3) is 5.69 Å². The molecule has 0 aliphatic heterocycles. The number of likely N-dealkylation sites (N-methyl/N-ethyl adjacent to an activating group) is 1. The van der Waals surface area contributed by atoms with Gasteiger partial charge in [-0.1, -0.05) is 12.1 Å². The molecule has 2 rings (SSSR count). The molecule has 0 bridgehead atoms. The minimum absolute atomic E-state index is 0.175. The van der Waals surface area contributed by atoms with Gasteiger partial charge in [0.2, 0.25) is 5.43 Å². The topological polar surface area (TPSA) is 81.2 Å². The van der Waals surface area contributed by atoms with Gasteiger partial charge < -0.3 is 10.6 Å². The van der Waals surface area contributed by atoms with Crippen molar-refractivity contribution in [1.29, 1.82) is 0 Å². The summed E-state index contributed by atoms with van der Waals surface area (Å²) in [4.78, 5) is 25.9. The van der Waals surface area contributed by atoms with Gasteiger partial charge in [-0.2, -0.15) is 5.10 Å². The second-order valence-electron chi connectivity index (χ2n) is 5.36. The number of halogens is 1. The van der Waals surface area contributed by atoms with Gasteiger partial charge in [0.05, 0.1) is 0 Å². The van der Waals surface area contributed by atoms with Crippen molar-refractivity contribution in [2.24, 2.45) is 5.73 Å². The molecule has 7 heteroatoms. The van der Waals surface area contributed by atoms with E-state index in [2.05, 4.69) is 5.10 Å². The fourth-order valence-electron chi connectivity index (χ4n) is 2.09.